The van der Waals surface area contributed by atoms with Crippen LogP contribution in [0.15, 0.2) is 75.6 Å². The lowest BCUT2D eigenvalue weighted by Crippen LogP contribution is -2.83. The van der Waals surface area contributed by atoms with Gasteiger partial charge in [0.25, 0.3) is 0 Å². The molecule has 0 aliphatic carbocycles. The zero-order chi connectivity index (χ0) is 15.2. The quantitative estimate of drug-likeness (QED) is 0.664. The van der Waals surface area contributed by atoms with Gasteiger partial charge in [-0.2, -0.15) is 0 Å². The van der Waals surface area contributed by atoms with Gasteiger partial charge in [-0.25, -0.2) is 0 Å². The van der Waals surface area contributed by atoms with Crippen molar-refractivity contribution in [2.24, 2.45) is 0 Å². The highest BCUT2D eigenvalue weighted by atomic mass is 79.9. The number of halogens is 1. The summed E-state index contributed by atoms with van der Waals surface area (Å²) in [6.45, 7) is 1.95. The molecule has 0 radical (unpaired) electrons. The second-order valence-electron chi connectivity index (χ2n) is 5.29. The van der Waals surface area contributed by atoms with Crippen molar-refractivity contribution in [3.8, 4) is 11.3 Å². The highest BCUT2D eigenvalue weighted by Gasteiger charge is 2.06. The molecular formula is C19H19BrNO+. The summed E-state index contributed by atoms with van der Waals surface area (Å²) in [6, 6.07) is 22.9. The largest absolute Gasteiger partial charge is 0.455 e. The Morgan fingerprint density at radius 2 is 1.64 bits per heavy atom. The molecule has 2 nitrogen and oxygen atoms in total. The Labute approximate surface area is 139 Å². The molecule has 0 aliphatic heterocycles. The molecule has 0 saturated carbocycles. The number of benzene rings is 2. The van der Waals surface area contributed by atoms with E-state index in [1.54, 1.807) is 0 Å². The monoisotopic (exact) mass is 356 g/mol. The Balaban J connectivity index is 1.50. The first kappa shape index (κ1) is 15.1. The van der Waals surface area contributed by atoms with Crippen molar-refractivity contribution in [3.63, 3.8) is 0 Å². The van der Waals surface area contributed by atoms with Gasteiger partial charge in [-0.3, -0.25) is 0 Å². The van der Waals surface area contributed by atoms with Gasteiger partial charge in [0, 0.05) is 16.5 Å². The van der Waals surface area contributed by atoms with Crippen LogP contribution >= 0.6 is 15.9 Å². The minimum Gasteiger partial charge on any atom is -0.455 e. The summed E-state index contributed by atoms with van der Waals surface area (Å²) < 4.78 is 7.00. The van der Waals surface area contributed by atoms with Crippen molar-refractivity contribution in [3.05, 3.63) is 82.5 Å². The highest BCUT2D eigenvalue weighted by Crippen LogP contribution is 2.23. The SMILES string of the molecule is Brc1ccc(-c2ccc(C[NH2+]CCc3ccccc3)o2)cc1. The zero-order valence-corrected chi connectivity index (χ0v) is 13.9. The van der Waals surface area contributed by atoms with E-state index in [-0.39, 0.29) is 0 Å². The van der Waals surface area contributed by atoms with E-state index in [9.17, 15) is 0 Å². The van der Waals surface area contributed by atoms with Crippen LogP contribution in [0.1, 0.15) is 11.3 Å². The Kier molecular flexibility index (Phi) is 5.09. The molecule has 1 aromatic heterocycles. The third kappa shape index (κ3) is 4.09. The van der Waals surface area contributed by atoms with Gasteiger partial charge < -0.3 is 9.73 Å². The van der Waals surface area contributed by atoms with Crippen molar-refractivity contribution in [1.82, 2.24) is 0 Å². The van der Waals surface area contributed by atoms with Gasteiger partial charge in [-0.15, -0.1) is 0 Å². The minimum atomic E-state index is 0.878. The number of furan rings is 1. The van der Waals surface area contributed by atoms with Gasteiger partial charge in [-0.05, 0) is 29.8 Å². The molecule has 112 valence electrons. The zero-order valence-electron chi connectivity index (χ0n) is 12.3. The maximum Gasteiger partial charge on any atom is 0.158 e. The predicted octanol–water partition coefficient (Wildman–Crippen LogP) is 4.02. The first-order chi connectivity index (χ1) is 10.8. The van der Waals surface area contributed by atoms with Crippen molar-refractivity contribution in [2.75, 3.05) is 6.54 Å². The van der Waals surface area contributed by atoms with Gasteiger partial charge >= 0.3 is 0 Å². The van der Waals surface area contributed by atoms with E-state index < -0.39 is 0 Å². The fourth-order valence-corrected chi connectivity index (χ4v) is 2.68. The molecule has 3 heteroatoms. The second kappa shape index (κ2) is 7.43. The Hall–Kier alpha value is -1.84. The fraction of sp³-hybridized carbons (Fsp3) is 0.158. The molecule has 3 rings (SSSR count). The summed E-state index contributed by atoms with van der Waals surface area (Å²) in [5.74, 6) is 1.95. The number of hydrogen-bond donors (Lipinski definition) is 1. The average Bonchev–Trinajstić information content (AvgIpc) is 3.02. The van der Waals surface area contributed by atoms with Crippen LogP contribution in [0.5, 0.6) is 0 Å². The van der Waals surface area contributed by atoms with Crippen LogP contribution in [0.2, 0.25) is 0 Å². The average molecular weight is 357 g/mol. The maximum atomic E-state index is 5.92. The first-order valence-corrected chi connectivity index (χ1v) is 8.31. The smallest absolute Gasteiger partial charge is 0.158 e. The van der Waals surface area contributed by atoms with E-state index in [1.807, 2.05) is 18.2 Å². The summed E-state index contributed by atoms with van der Waals surface area (Å²) in [7, 11) is 0. The molecular weight excluding hydrogens is 338 g/mol. The fourth-order valence-electron chi connectivity index (χ4n) is 2.41. The molecule has 0 bridgehead atoms. The van der Waals surface area contributed by atoms with E-state index in [4.69, 9.17) is 4.42 Å². The van der Waals surface area contributed by atoms with Crippen molar-refractivity contribution in [2.45, 2.75) is 13.0 Å². The standard InChI is InChI=1S/C19H18BrNO/c20-17-8-6-16(7-9-17)19-11-10-18(22-19)14-21-13-12-15-4-2-1-3-5-15/h1-11,21H,12-14H2/p+1. The van der Waals surface area contributed by atoms with Crippen LogP contribution in [0.3, 0.4) is 0 Å². The van der Waals surface area contributed by atoms with Crippen LogP contribution in [0, 0.1) is 0 Å². The van der Waals surface area contributed by atoms with E-state index in [1.165, 1.54) is 5.56 Å². The van der Waals surface area contributed by atoms with Crippen LogP contribution in [0.4, 0.5) is 0 Å². The third-order valence-electron chi connectivity index (χ3n) is 3.62. The molecule has 0 saturated heterocycles. The second-order valence-corrected chi connectivity index (χ2v) is 6.21. The van der Waals surface area contributed by atoms with Crippen molar-refractivity contribution >= 4 is 15.9 Å². The normalized spacial score (nSPS) is 10.8. The van der Waals surface area contributed by atoms with Gasteiger partial charge in [-0.1, -0.05) is 58.4 Å². The van der Waals surface area contributed by atoms with E-state index in [0.717, 1.165) is 41.1 Å². The summed E-state index contributed by atoms with van der Waals surface area (Å²) >= 11 is 3.45. The topological polar surface area (TPSA) is 29.8 Å². The molecule has 0 spiro atoms. The number of nitrogens with two attached hydrogens (primary N) is 1. The van der Waals surface area contributed by atoms with Crippen LogP contribution in [-0.4, -0.2) is 6.54 Å². The van der Waals surface area contributed by atoms with E-state index in [2.05, 4.69) is 69.8 Å². The molecule has 3 aromatic rings. The molecule has 0 amide bonds. The number of rotatable bonds is 6. The molecule has 0 fully saturated rings. The van der Waals surface area contributed by atoms with E-state index >= 15 is 0 Å². The number of quaternary nitrogens is 1. The minimum absolute atomic E-state index is 0.878. The lowest BCUT2D eigenvalue weighted by atomic mass is 10.1. The molecule has 1 heterocycles. The Morgan fingerprint density at radius 3 is 2.41 bits per heavy atom. The van der Waals surface area contributed by atoms with Gasteiger partial charge in [0.1, 0.15) is 12.3 Å². The van der Waals surface area contributed by atoms with Gasteiger partial charge in [0.2, 0.25) is 0 Å². The molecule has 0 unspecified atom stereocenters. The third-order valence-corrected chi connectivity index (χ3v) is 4.14. The first-order valence-electron chi connectivity index (χ1n) is 7.51. The summed E-state index contributed by atoms with van der Waals surface area (Å²) in [5, 5.41) is 2.29. The lowest BCUT2D eigenvalue weighted by Gasteiger charge is -2.01. The molecule has 0 atom stereocenters. The maximum absolute atomic E-state index is 5.92. The Morgan fingerprint density at radius 1 is 0.864 bits per heavy atom. The molecule has 22 heavy (non-hydrogen) atoms. The van der Waals surface area contributed by atoms with Crippen LogP contribution < -0.4 is 5.32 Å². The van der Waals surface area contributed by atoms with Crippen molar-refractivity contribution in [1.29, 1.82) is 0 Å². The van der Waals surface area contributed by atoms with Crippen molar-refractivity contribution < 1.29 is 9.73 Å². The highest BCUT2D eigenvalue weighted by molar-refractivity contribution is 9.10. The van der Waals surface area contributed by atoms with Gasteiger partial charge in [0.15, 0.2) is 5.76 Å². The summed E-state index contributed by atoms with van der Waals surface area (Å²) in [6.07, 6.45) is 1.08. The molecule has 2 N–H and O–H groups in total. The van der Waals surface area contributed by atoms with Crippen LogP contribution in [-0.2, 0) is 13.0 Å². The Bertz CT molecular complexity index is 704. The summed E-state index contributed by atoms with van der Waals surface area (Å²) in [5.41, 5.74) is 2.49. The lowest BCUT2D eigenvalue weighted by molar-refractivity contribution is -0.671. The summed E-state index contributed by atoms with van der Waals surface area (Å²) in [4.78, 5) is 0. The molecule has 0 aliphatic rings. The molecule has 2 aromatic carbocycles. The number of hydrogen-bond acceptors (Lipinski definition) is 1. The van der Waals surface area contributed by atoms with E-state index in [0.29, 0.717) is 0 Å². The van der Waals surface area contributed by atoms with Crippen LogP contribution in [0.25, 0.3) is 11.3 Å². The van der Waals surface area contributed by atoms with Gasteiger partial charge in [0.05, 0.1) is 6.54 Å². The predicted molar refractivity (Wildman–Crippen MR) is 92.5 cm³/mol.